The monoisotopic (exact) mass is 465 g/mol. The van der Waals surface area contributed by atoms with E-state index in [4.69, 9.17) is 16.3 Å². The average molecular weight is 467 g/mol. The molecule has 0 spiro atoms. The topological polar surface area (TPSA) is 35.7 Å². The molecule has 2 aromatic carbocycles. The van der Waals surface area contributed by atoms with Gasteiger partial charge in [-0.05, 0) is 62.6 Å². The molecule has 4 rings (SSSR count). The summed E-state index contributed by atoms with van der Waals surface area (Å²) in [6, 6.07) is 15.6. The summed E-state index contributed by atoms with van der Waals surface area (Å²) in [5, 5.41) is 12.5. The van der Waals surface area contributed by atoms with Crippen LogP contribution in [0, 0.1) is 0 Å². The Bertz CT molecular complexity index is 839. The molecule has 0 aliphatic carbocycles. The molecule has 2 aliphatic rings. The number of benzene rings is 2. The van der Waals surface area contributed by atoms with E-state index in [1.54, 1.807) is 0 Å². The maximum atomic E-state index is 11.9. The maximum absolute atomic E-state index is 11.9. The first kappa shape index (κ1) is 21.2. The number of nitrogens with zero attached hydrogens (tertiary/aromatic N) is 2. The van der Waals surface area contributed by atoms with Crippen molar-refractivity contribution in [2.45, 2.75) is 38.3 Å². The molecule has 2 aromatic rings. The van der Waals surface area contributed by atoms with Gasteiger partial charge in [0.2, 0.25) is 0 Å². The van der Waals surface area contributed by atoms with E-state index < -0.39 is 5.72 Å². The quantitative estimate of drug-likeness (QED) is 0.647. The van der Waals surface area contributed by atoms with Gasteiger partial charge in [0.05, 0.1) is 13.2 Å². The van der Waals surface area contributed by atoms with Gasteiger partial charge in [0.15, 0.2) is 6.54 Å². The summed E-state index contributed by atoms with van der Waals surface area (Å²) >= 11 is 6.08. The van der Waals surface area contributed by atoms with Gasteiger partial charge in [-0.15, -0.1) is 17.0 Å². The number of hydrogen-bond acceptors (Lipinski definition) is 3. The fourth-order valence-electron chi connectivity index (χ4n) is 4.18. The maximum Gasteiger partial charge on any atom is 0.275 e. The number of ether oxygens (including phenoxy) is 1. The lowest BCUT2D eigenvalue weighted by molar-refractivity contribution is -0.534. The highest BCUT2D eigenvalue weighted by Crippen LogP contribution is 2.38. The van der Waals surface area contributed by atoms with Gasteiger partial charge >= 0.3 is 0 Å². The van der Waals surface area contributed by atoms with Crippen LogP contribution in [0.2, 0.25) is 5.02 Å². The highest BCUT2D eigenvalue weighted by atomic mass is 79.9. The van der Waals surface area contributed by atoms with E-state index in [-0.39, 0.29) is 17.0 Å². The molecule has 2 aliphatic heterocycles. The van der Waals surface area contributed by atoms with E-state index >= 15 is 0 Å². The molecule has 0 bridgehead atoms. The van der Waals surface area contributed by atoms with Gasteiger partial charge in [-0.1, -0.05) is 23.7 Å². The lowest BCUT2D eigenvalue weighted by Gasteiger charge is -2.29. The molecule has 0 saturated carbocycles. The van der Waals surface area contributed by atoms with Crippen LogP contribution in [0.5, 0.6) is 5.75 Å². The summed E-state index contributed by atoms with van der Waals surface area (Å²) in [5.41, 5.74) is 0.737. The molecule has 2 heterocycles. The van der Waals surface area contributed by atoms with Crippen molar-refractivity contribution >= 4 is 40.1 Å². The lowest BCUT2D eigenvalue weighted by atomic mass is 10.00. The highest BCUT2D eigenvalue weighted by molar-refractivity contribution is 8.93. The zero-order valence-electron chi connectivity index (χ0n) is 16.1. The largest absolute Gasteiger partial charge is 0.494 e. The molecule has 1 unspecified atom stereocenters. The van der Waals surface area contributed by atoms with Crippen molar-refractivity contribution in [1.29, 1.82) is 0 Å². The van der Waals surface area contributed by atoms with Crippen LogP contribution in [0.4, 0.5) is 5.69 Å². The summed E-state index contributed by atoms with van der Waals surface area (Å²) < 4.78 is 7.93. The fraction of sp³-hybridized carbons (Fsp3) is 0.409. The summed E-state index contributed by atoms with van der Waals surface area (Å²) in [7, 11) is 0. The van der Waals surface area contributed by atoms with Crippen molar-refractivity contribution in [3.63, 3.8) is 0 Å². The highest BCUT2D eigenvalue weighted by Gasteiger charge is 2.53. The Morgan fingerprint density at radius 2 is 1.79 bits per heavy atom. The average Bonchev–Trinajstić information content (AvgIpc) is 2.80. The first-order chi connectivity index (χ1) is 13.1. The van der Waals surface area contributed by atoms with Crippen molar-refractivity contribution in [1.82, 2.24) is 0 Å². The molecule has 4 nitrogen and oxygen atoms in total. The molecule has 0 aromatic heterocycles. The van der Waals surface area contributed by atoms with Crippen molar-refractivity contribution in [2.75, 3.05) is 24.6 Å². The van der Waals surface area contributed by atoms with Gasteiger partial charge in [0, 0.05) is 17.0 Å². The molecule has 1 atom stereocenters. The first-order valence-corrected chi connectivity index (χ1v) is 10.1. The Labute approximate surface area is 182 Å². The molecule has 0 fully saturated rings. The predicted octanol–water partition coefficient (Wildman–Crippen LogP) is 4.97. The number of hydrogen-bond donors (Lipinski definition) is 1. The van der Waals surface area contributed by atoms with E-state index in [2.05, 4.69) is 9.48 Å². The Hall–Kier alpha value is -1.56. The van der Waals surface area contributed by atoms with Gasteiger partial charge in [0.25, 0.3) is 11.6 Å². The van der Waals surface area contributed by atoms with E-state index in [0.717, 1.165) is 42.8 Å². The van der Waals surface area contributed by atoms with Crippen LogP contribution < -0.4 is 9.64 Å². The standard InChI is InChI=1S/C22H26ClN2O2.BrH/c1-2-27-20-13-11-19(12-14-20)25-21-6-4-3-5-15-24(21)16-22(25,26)17-7-9-18(23)10-8-17;/h7-14,26H,2-6,15-16H2,1H3;1H/q+1;. The third-order valence-electron chi connectivity index (χ3n) is 5.45. The SMILES string of the molecule is Br.CCOc1ccc(N2C3=[N+](CCCCC3)CC2(O)c2ccc(Cl)cc2)cc1. The summed E-state index contributed by atoms with van der Waals surface area (Å²) in [6.45, 7) is 4.17. The second-order valence-electron chi connectivity index (χ2n) is 7.23. The molecular weight excluding hydrogens is 440 g/mol. The smallest absolute Gasteiger partial charge is 0.275 e. The molecule has 0 amide bonds. The Kier molecular flexibility index (Phi) is 6.69. The molecule has 150 valence electrons. The van der Waals surface area contributed by atoms with E-state index in [1.165, 1.54) is 12.3 Å². The Balaban J connectivity index is 0.00000225. The zero-order chi connectivity index (χ0) is 18.9. The van der Waals surface area contributed by atoms with Crippen LogP contribution in [-0.4, -0.2) is 35.2 Å². The molecule has 1 N–H and O–H groups in total. The minimum atomic E-state index is -1.11. The summed E-state index contributed by atoms with van der Waals surface area (Å²) in [4.78, 5) is 2.11. The van der Waals surface area contributed by atoms with Crippen molar-refractivity contribution in [3.8, 4) is 5.75 Å². The van der Waals surface area contributed by atoms with Crippen LogP contribution >= 0.6 is 28.6 Å². The third-order valence-corrected chi connectivity index (χ3v) is 5.70. The van der Waals surface area contributed by atoms with Gasteiger partial charge < -0.3 is 9.84 Å². The Morgan fingerprint density at radius 1 is 1.07 bits per heavy atom. The first-order valence-electron chi connectivity index (χ1n) is 9.74. The van der Waals surface area contributed by atoms with Crippen molar-refractivity contribution in [3.05, 3.63) is 59.1 Å². The number of anilines is 1. The van der Waals surface area contributed by atoms with Crippen molar-refractivity contribution in [2.24, 2.45) is 0 Å². The summed E-state index contributed by atoms with van der Waals surface area (Å²) in [5.74, 6) is 2.05. The normalized spacial score (nSPS) is 21.8. The number of aliphatic hydroxyl groups is 1. The zero-order valence-corrected chi connectivity index (χ0v) is 18.6. The molecule has 0 radical (unpaired) electrons. The number of amidine groups is 1. The van der Waals surface area contributed by atoms with E-state index in [0.29, 0.717) is 18.2 Å². The van der Waals surface area contributed by atoms with Crippen LogP contribution in [0.1, 0.15) is 38.2 Å². The minimum absolute atomic E-state index is 0. The minimum Gasteiger partial charge on any atom is -0.494 e. The fourth-order valence-corrected chi connectivity index (χ4v) is 4.31. The van der Waals surface area contributed by atoms with Gasteiger partial charge in [0.1, 0.15) is 11.4 Å². The van der Waals surface area contributed by atoms with Crippen LogP contribution in [0.15, 0.2) is 48.5 Å². The molecule has 6 heteroatoms. The number of rotatable bonds is 4. The number of halogens is 2. The molecule has 28 heavy (non-hydrogen) atoms. The molecule has 0 saturated heterocycles. The van der Waals surface area contributed by atoms with Crippen LogP contribution in [-0.2, 0) is 5.72 Å². The van der Waals surface area contributed by atoms with E-state index in [9.17, 15) is 5.11 Å². The third kappa shape index (κ3) is 3.93. The summed E-state index contributed by atoms with van der Waals surface area (Å²) in [6.07, 6.45) is 4.52. The van der Waals surface area contributed by atoms with Gasteiger partial charge in [-0.3, -0.25) is 4.58 Å². The van der Waals surface area contributed by atoms with Crippen LogP contribution in [0.3, 0.4) is 0 Å². The predicted molar refractivity (Wildman–Crippen MR) is 119 cm³/mol. The second-order valence-corrected chi connectivity index (χ2v) is 7.67. The van der Waals surface area contributed by atoms with Gasteiger partial charge in [-0.2, -0.15) is 4.90 Å². The molecular formula is C22H27BrClN2O2+. The second kappa shape index (κ2) is 8.85. The Morgan fingerprint density at radius 3 is 2.46 bits per heavy atom. The van der Waals surface area contributed by atoms with Crippen molar-refractivity contribution < 1.29 is 14.4 Å². The van der Waals surface area contributed by atoms with Gasteiger partial charge in [-0.25, -0.2) is 0 Å². The van der Waals surface area contributed by atoms with E-state index in [1.807, 2.05) is 55.5 Å². The lowest BCUT2D eigenvalue weighted by Crippen LogP contribution is -2.47. The van der Waals surface area contributed by atoms with Crippen LogP contribution in [0.25, 0.3) is 0 Å².